The number of carbonyl (C=O) groups excluding carboxylic acids is 2. The Morgan fingerprint density at radius 3 is 1.19 bits per heavy atom. The fourth-order valence-electron chi connectivity index (χ4n) is 4.28. The number of hydrogen-bond acceptors (Lipinski definition) is 3. The number of anilines is 2. The minimum atomic E-state index is 0.0959. The number of rotatable bonds is 20. The van der Waals surface area contributed by atoms with Crippen LogP contribution in [0.3, 0.4) is 0 Å². The standard InChI is InChI=1S/C32H48N2O2S/c1-3-5-7-9-11-13-15-17-31(35)33-27-19-23-29(24-20-27)37-30-25-21-28(22-26-30)34-32(36)18-16-14-12-10-8-6-4-2/h19-26H,3-18H2,1-2H3,(H,33,35)(H,34,36). The van der Waals surface area contributed by atoms with Gasteiger partial charge in [0.05, 0.1) is 0 Å². The minimum Gasteiger partial charge on any atom is -0.326 e. The molecule has 0 heterocycles. The van der Waals surface area contributed by atoms with E-state index in [1.807, 2.05) is 48.5 Å². The molecule has 4 nitrogen and oxygen atoms in total. The molecule has 5 heteroatoms. The Morgan fingerprint density at radius 1 is 0.514 bits per heavy atom. The van der Waals surface area contributed by atoms with Gasteiger partial charge in [-0.1, -0.05) is 103 Å². The molecule has 0 fully saturated rings. The molecule has 2 aromatic carbocycles. The first kappa shape index (κ1) is 31.0. The summed E-state index contributed by atoms with van der Waals surface area (Å²) in [6, 6.07) is 16.0. The van der Waals surface area contributed by atoms with Crippen molar-refractivity contribution in [3.05, 3.63) is 48.5 Å². The van der Waals surface area contributed by atoms with Crippen LogP contribution in [0.5, 0.6) is 0 Å². The SMILES string of the molecule is CCCCCCCCCC(=O)Nc1ccc(Sc2ccc(NC(=O)CCCCCCCCC)cc2)cc1. The number of benzene rings is 2. The van der Waals surface area contributed by atoms with Gasteiger partial charge in [0.25, 0.3) is 0 Å². The zero-order valence-electron chi connectivity index (χ0n) is 23.2. The topological polar surface area (TPSA) is 58.2 Å². The monoisotopic (exact) mass is 524 g/mol. The fraction of sp³-hybridized carbons (Fsp3) is 0.562. The van der Waals surface area contributed by atoms with Crippen LogP contribution in [-0.2, 0) is 9.59 Å². The second kappa shape index (κ2) is 19.8. The molecule has 0 radical (unpaired) electrons. The molecule has 2 amide bonds. The van der Waals surface area contributed by atoms with Crippen molar-refractivity contribution in [1.29, 1.82) is 0 Å². The molecule has 2 rings (SSSR count). The number of hydrogen-bond donors (Lipinski definition) is 2. The van der Waals surface area contributed by atoms with Gasteiger partial charge in [-0.2, -0.15) is 0 Å². The van der Waals surface area contributed by atoms with Crippen LogP contribution < -0.4 is 10.6 Å². The van der Waals surface area contributed by atoms with E-state index in [2.05, 4.69) is 24.5 Å². The first-order valence-electron chi connectivity index (χ1n) is 14.6. The Morgan fingerprint density at radius 2 is 0.838 bits per heavy atom. The highest BCUT2D eigenvalue weighted by molar-refractivity contribution is 7.99. The lowest BCUT2D eigenvalue weighted by atomic mass is 10.1. The van der Waals surface area contributed by atoms with Crippen molar-refractivity contribution >= 4 is 35.0 Å². The van der Waals surface area contributed by atoms with Gasteiger partial charge in [-0.05, 0) is 61.4 Å². The average Bonchev–Trinajstić information content (AvgIpc) is 2.90. The van der Waals surface area contributed by atoms with Gasteiger partial charge >= 0.3 is 0 Å². The predicted octanol–water partition coefficient (Wildman–Crippen LogP) is 10.00. The van der Waals surface area contributed by atoms with E-state index in [-0.39, 0.29) is 11.8 Å². The van der Waals surface area contributed by atoms with E-state index in [4.69, 9.17) is 0 Å². The highest BCUT2D eigenvalue weighted by atomic mass is 32.2. The summed E-state index contributed by atoms with van der Waals surface area (Å²) in [6.45, 7) is 4.46. The average molecular weight is 525 g/mol. The fourth-order valence-corrected chi connectivity index (χ4v) is 5.10. The van der Waals surface area contributed by atoms with Crippen LogP contribution >= 0.6 is 11.8 Å². The smallest absolute Gasteiger partial charge is 0.224 e. The van der Waals surface area contributed by atoms with Crippen molar-refractivity contribution < 1.29 is 9.59 Å². The number of nitrogens with one attached hydrogen (secondary N) is 2. The maximum atomic E-state index is 12.2. The van der Waals surface area contributed by atoms with Gasteiger partial charge in [0.1, 0.15) is 0 Å². The molecule has 0 unspecified atom stereocenters. The molecule has 2 N–H and O–H groups in total. The van der Waals surface area contributed by atoms with Gasteiger partial charge < -0.3 is 10.6 Å². The normalized spacial score (nSPS) is 10.9. The molecule has 0 saturated carbocycles. The van der Waals surface area contributed by atoms with Crippen LogP contribution in [0.25, 0.3) is 0 Å². The van der Waals surface area contributed by atoms with Gasteiger partial charge in [-0.25, -0.2) is 0 Å². The summed E-state index contributed by atoms with van der Waals surface area (Å²) in [6.07, 6.45) is 18.2. The number of amides is 2. The Bertz CT molecular complexity index is 807. The molecule has 0 aliphatic rings. The van der Waals surface area contributed by atoms with E-state index in [1.165, 1.54) is 64.2 Å². The van der Waals surface area contributed by atoms with Gasteiger partial charge in [0, 0.05) is 34.0 Å². The first-order valence-corrected chi connectivity index (χ1v) is 15.4. The van der Waals surface area contributed by atoms with E-state index < -0.39 is 0 Å². The molecule has 0 aliphatic heterocycles. The van der Waals surface area contributed by atoms with Crippen LogP contribution in [0.2, 0.25) is 0 Å². The van der Waals surface area contributed by atoms with Gasteiger partial charge in [0.2, 0.25) is 11.8 Å². The van der Waals surface area contributed by atoms with Crippen molar-refractivity contribution in [1.82, 2.24) is 0 Å². The molecule has 0 spiro atoms. The number of unbranched alkanes of at least 4 members (excludes halogenated alkanes) is 12. The third-order valence-corrected chi connectivity index (χ3v) is 7.54. The molecule has 0 aliphatic carbocycles. The summed E-state index contributed by atoms with van der Waals surface area (Å²) in [5.41, 5.74) is 1.69. The van der Waals surface area contributed by atoms with Crippen molar-refractivity contribution in [2.75, 3.05) is 10.6 Å². The lowest BCUT2D eigenvalue weighted by molar-refractivity contribution is -0.117. The second-order valence-corrected chi connectivity index (χ2v) is 11.1. The molecule has 0 saturated heterocycles. The van der Waals surface area contributed by atoms with Crippen LogP contribution in [0, 0.1) is 0 Å². The van der Waals surface area contributed by atoms with Crippen molar-refractivity contribution in [2.45, 2.75) is 126 Å². The molecular formula is C32H48N2O2S. The molecule has 37 heavy (non-hydrogen) atoms. The van der Waals surface area contributed by atoms with E-state index in [9.17, 15) is 9.59 Å². The van der Waals surface area contributed by atoms with Gasteiger partial charge in [-0.3, -0.25) is 9.59 Å². The Hall–Kier alpha value is -2.27. The summed E-state index contributed by atoms with van der Waals surface area (Å²) in [5, 5.41) is 6.02. The molecular weight excluding hydrogens is 476 g/mol. The minimum absolute atomic E-state index is 0.0959. The highest BCUT2D eigenvalue weighted by Gasteiger charge is 2.05. The third-order valence-electron chi connectivity index (χ3n) is 6.53. The molecule has 0 bridgehead atoms. The van der Waals surface area contributed by atoms with E-state index in [0.717, 1.165) is 46.8 Å². The number of carbonyl (C=O) groups is 2. The lowest BCUT2D eigenvalue weighted by Gasteiger charge is -2.08. The lowest BCUT2D eigenvalue weighted by Crippen LogP contribution is -2.10. The molecule has 0 atom stereocenters. The van der Waals surface area contributed by atoms with E-state index in [1.54, 1.807) is 11.8 Å². The van der Waals surface area contributed by atoms with Crippen LogP contribution in [0.15, 0.2) is 58.3 Å². The zero-order valence-corrected chi connectivity index (χ0v) is 24.0. The van der Waals surface area contributed by atoms with Crippen molar-refractivity contribution in [3.8, 4) is 0 Å². The van der Waals surface area contributed by atoms with Gasteiger partial charge in [0.15, 0.2) is 0 Å². The van der Waals surface area contributed by atoms with Crippen LogP contribution in [0.1, 0.15) is 117 Å². The quantitative estimate of drug-likeness (QED) is 0.169. The van der Waals surface area contributed by atoms with E-state index >= 15 is 0 Å². The second-order valence-electron chi connectivity index (χ2n) is 9.99. The molecule has 0 aromatic heterocycles. The largest absolute Gasteiger partial charge is 0.326 e. The maximum Gasteiger partial charge on any atom is 0.224 e. The van der Waals surface area contributed by atoms with Gasteiger partial charge in [-0.15, -0.1) is 0 Å². The molecule has 2 aromatic rings. The predicted molar refractivity (Wildman–Crippen MR) is 159 cm³/mol. The zero-order chi connectivity index (χ0) is 26.6. The third kappa shape index (κ3) is 14.9. The summed E-state index contributed by atoms with van der Waals surface area (Å²) >= 11 is 1.67. The molecule has 204 valence electrons. The Balaban J connectivity index is 1.64. The maximum absolute atomic E-state index is 12.2. The van der Waals surface area contributed by atoms with Crippen molar-refractivity contribution in [2.24, 2.45) is 0 Å². The Labute approximate surface area is 229 Å². The highest BCUT2D eigenvalue weighted by Crippen LogP contribution is 2.29. The first-order chi connectivity index (χ1) is 18.1. The van der Waals surface area contributed by atoms with Crippen LogP contribution in [-0.4, -0.2) is 11.8 Å². The summed E-state index contributed by atoms with van der Waals surface area (Å²) in [4.78, 5) is 26.6. The summed E-state index contributed by atoms with van der Waals surface area (Å²) < 4.78 is 0. The summed E-state index contributed by atoms with van der Waals surface area (Å²) in [5.74, 6) is 0.192. The van der Waals surface area contributed by atoms with Crippen LogP contribution in [0.4, 0.5) is 11.4 Å². The summed E-state index contributed by atoms with van der Waals surface area (Å²) in [7, 11) is 0. The Kier molecular flexibility index (Phi) is 16.6. The van der Waals surface area contributed by atoms with Crippen molar-refractivity contribution in [3.63, 3.8) is 0 Å². The van der Waals surface area contributed by atoms with E-state index in [0.29, 0.717) is 12.8 Å².